The van der Waals surface area contributed by atoms with Crippen LogP contribution in [0.15, 0.2) is 34.4 Å². The molecule has 0 saturated heterocycles. The van der Waals surface area contributed by atoms with Crippen molar-refractivity contribution in [3.8, 4) is 0 Å². The molecular weight excluding hydrogens is 200 g/mol. The number of benzene rings is 1. The second kappa shape index (κ2) is 5.45. The van der Waals surface area contributed by atoms with Gasteiger partial charge in [-0.25, -0.2) is 0 Å². The van der Waals surface area contributed by atoms with Gasteiger partial charge in [-0.05, 0) is 31.4 Å². The molecule has 1 N–H and O–H groups in total. The van der Waals surface area contributed by atoms with Gasteiger partial charge in [0.2, 0.25) is 0 Å². The molecule has 0 bridgehead atoms. The summed E-state index contributed by atoms with van der Waals surface area (Å²) in [5.41, 5.74) is 3.42. The average molecular weight is 218 g/mol. The molecule has 1 rings (SSSR count). The molecule has 0 saturated carbocycles. The van der Waals surface area contributed by atoms with Crippen molar-refractivity contribution >= 4 is 17.1 Å². The molecule has 0 fully saturated rings. The van der Waals surface area contributed by atoms with E-state index in [0.29, 0.717) is 11.6 Å². The molecule has 0 radical (unpaired) electrons. The highest BCUT2D eigenvalue weighted by molar-refractivity contribution is 6.40. The van der Waals surface area contributed by atoms with E-state index < -0.39 is 0 Å². The molecule has 86 valence electrons. The van der Waals surface area contributed by atoms with E-state index in [1.807, 2.05) is 25.1 Å². The van der Waals surface area contributed by atoms with Gasteiger partial charge in [-0.3, -0.25) is 4.99 Å². The van der Waals surface area contributed by atoms with Crippen LogP contribution in [-0.2, 0) is 0 Å². The van der Waals surface area contributed by atoms with E-state index in [1.165, 1.54) is 5.56 Å². The van der Waals surface area contributed by atoms with E-state index in [9.17, 15) is 0 Å². The minimum absolute atomic E-state index is 0.430. The van der Waals surface area contributed by atoms with Crippen LogP contribution < -0.4 is 0 Å². The van der Waals surface area contributed by atoms with Gasteiger partial charge < -0.3 is 5.21 Å². The topological polar surface area (TPSA) is 45.0 Å². The van der Waals surface area contributed by atoms with Gasteiger partial charge in [0, 0.05) is 0 Å². The smallest absolute Gasteiger partial charge is 0.0976 e. The third-order valence-corrected chi connectivity index (χ3v) is 2.52. The van der Waals surface area contributed by atoms with E-state index in [1.54, 1.807) is 6.92 Å². The number of rotatable bonds is 3. The molecule has 3 heteroatoms. The molecule has 0 aliphatic rings. The van der Waals surface area contributed by atoms with Crippen LogP contribution in [0, 0.1) is 0 Å². The minimum atomic E-state index is 0.430. The van der Waals surface area contributed by atoms with E-state index in [4.69, 9.17) is 5.21 Å². The van der Waals surface area contributed by atoms with Gasteiger partial charge in [-0.2, -0.15) is 0 Å². The summed E-state index contributed by atoms with van der Waals surface area (Å²) in [6.07, 6.45) is 0. The standard InChI is InChI=1S/C13H18N2O/c1-9(2)12-7-5-6-8-13(12)14-10(3)11(4)15-16/h5-9,16H,1-4H3/b14-10?,15-11+. The Morgan fingerprint density at radius 1 is 1.12 bits per heavy atom. The van der Waals surface area contributed by atoms with Crippen molar-refractivity contribution in [3.63, 3.8) is 0 Å². The third kappa shape index (κ3) is 2.92. The molecule has 3 nitrogen and oxygen atoms in total. The van der Waals surface area contributed by atoms with Crippen LogP contribution in [0.2, 0.25) is 0 Å². The lowest BCUT2D eigenvalue weighted by Gasteiger charge is -2.09. The largest absolute Gasteiger partial charge is 0.411 e. The third-order valence-electron chi connectivity index (χ3n) is 2.52. The summed E-state index contributed by atoms with van der Waals surface area (Å²) in [5, 5.41) is 11.8. The first-order chi connectivity index (χ1) is 7.56. The Bertz CT molecular complexity index is 420. The Morgan fingerprint density at radius 2 is 1.75 bits per heavy atom. The summed E-state index contributed by atoms with van der Waals surface area (Å²) in [7, 11) is 0. The average Bonchev–Trinajstić information content (AvgIpc) is 2.28. The molecule has 0 aliphatic carbocycles. The Kier molecular flexibility index (Phi) is 4.23. The number of aliphatic imine (C=N–C) groups is 1. The fourth-order valence-corrected chi connectivity index (χ4v) is 1.41. The lowest BCUT2D eigenvalue weighted by Crippen LogP contribution is -2.05. The second-order valence-corrected chi connectivity index (χ2v) is 4.10. The van der Waals surface area contributed by atoms with Crippen LogP contribution in [0.4, 0.5) is 5.69 Å². The molecule has 1 aromatic rings. The molecule has 0 unspecified atom stereocenters. The van der Waals surface area contributed by atoms with Crippen LogP contribution >= 0.6 is 0 Å². The first-order valence-corrected chi connectivity index (χ1v) is 5.39. The summed E-state index contributed by atoms with van der Waals surface area (Å²) in [5.74, 6) is 0.430. The van der Waals surface area contributed by atoms with E-state index in [0.717, 1.165) is 11.4 Å². The van der Waals surface area contributed by atoms with Crippen LogP contribution in [0.1, 0.15) is 39.2 Å². The summed E-state index contributed by atoms with van der Waals surface area (Å²) >= 11 is 0. The fraction of sp³-hybridized carbons (Fsp3) is 0.385. The van der Waals surface area contributed by atoms with E-state index in [-0.39, 0.29) is 0 Å². The molecule has 16 heavy (non-hydrogen) atoms. The zero-order valence-electron chi connectivity index (χ0n) is 10.2. The number of hydrogen-bond donors (Lipinski definition) is 1. The van der Waals surface area contributed by atoms with Gasteiger partial charge in [-0.15, -0.1) is 0 Å². The lowest BCUT2D eigenvalue weighted by atomic mass is 10.0. The van der Waals surface area contributed by atoms with Gasteiger partial charge in [0.1, 0.15) is 0 Å². The molecule has 0 atom stereocenters. The molecule has 0 heterocycles. The van der Waals surface area contributed by atoms with Gasteiger partial charge in [-0.1, -0.05) is 37.2 Å². The lowest BCUT2D eigenvalue weighted by molar-refractivity contribution is 0.320. The highest BCUT2D eigenvalue weighted by Crippen LogP contribution is 2.26. The van der Waals surface area contributed by atoms with Gasteiger partial charge >= 0.3 is 0 Å². The monoisotopic (exact) mass is 218 g/mol. The molecular formula is C13H18N2O. The Balaban J connectivity index is 3.15. The zero-order valence-corrected chi connectivity index (χ0v) is 10.2. The summed E-state index contributed by atoms with van der Waals surface area (Å²) in [6, 6.07) is 8.02. The molecule has 0 aromatic heterocycles. The van der Waals surface area contributed by atoms with Crippen molar-refractivity contribution in [2.75, 3.05) is 0 Å². The van der Waals surface area contributed by atoms with Crippen molar-refractivity contribution in [1.82, 2.24) is 0 Å². The fourth-order valence-electron chi connectivity index (χ4n) is 1.41. The molecule has 0 amide bonds. The SMILES string of the molecule is CC(=Nc1ccccc1C(C)C)/C(C)=N/O. The van der Waals surface area contributed by atoms with Crippen molar-refractivity contribution in [1.29, 1.82) is 0 Å². The minimum Gasteiger partial charge on any atom is -0.411 e. The molecule has 0 spiro atoms. The number of hydrogen-bond acceptors (Lipinski definition) is 3. The normalized spacial score (nSPS) is 13.3. The Labute approximate surface area is 96.5 Å². The predicted octanol–water partition coefficient (Wildman–Crippen LogP) is 3.75. The van der Waals surface area contributed by atoms with Crippen LogP contribution in [0.25, 0.3) is 0 Å². The van der Waals surface area contributed by atoms with Crippen molar-refractivity contribution in [2.45, 2.75) is 33.6 Å². The van der Waals surface area contributed by atoms with Crippen molar-refractivity contribution in [2.24, 2.45) is 10.1 Å². The quantitative estimate of drug-likeness (QED) is 0.468. The van der Waals surface area contributed by atoms with E-state index >= 15 is 0 Å². The number of para-hydroxylation sites is 1. The highest BCUT2D eigenvalue weighted by atomic mass is 16.4. The highest BCUT2D eigenvalue weighted by Gasteiger charge is 2.05. The van der Waals surface area contributed by atoms with Crippen molar-refractivity contribution < 1.29 is 5.21 Å². The molecule has 0 aliphatic heterocycles. The summed E-state index contributed by atoms with van der Waals surface area (Å²) in [6.45, 7) is 7.84. The summed E-state index contributed by atoms with van der Waals surface area (Å²) < 4.78 is 0. The Morgan fingerprint density at radius 3 is 2.31 bits per heavy atom. The first-order valence-electron chi connectivity index (χ1n) is 5.39. The van der Waals surface area contributed by atoms with Gasteiger partial charge in [0.05, 0.1) is 17.1 Å². The second-order valence-electron chi connectivity index (χ2n) is 4.10. The predicted molar refractivity (Wildman–Crippen MR) is 68.2 cm³/mol. The maximum absolute atomic E-state index is 8.67. The number of oxime groups is 1. The first kappa shape index (κ1) is 12.4. The van der Waals surface area contributed by atoms with Crippen LogP contribution in [0.5, 0.6) is 0 Å². The maximum Gasteiger partial charge on any atom is 0.0976 e. The van der Waals surface area contributed by atoms with E-state index in [2.05, 4.69) is 30.1 Å². The van der Waals surface area contributed by atoms with Crippen LogP contribution in [0.3, 0.4) is 0 Å². The summed E-state index contributed by atoms with van der Waals surface area (Å²) in [4.78, 5) is 4.48. The Hall–Kier alpha value is -1.64. The van der Waals surface area contributed by atoms with Crippen molar-refractivity contribution in [3.05, 3.63) is 29.8 Å². The van der Waals surface area contributed by atoms with Crippen LogP contribution in [-0.4, -0.2) is 16.6 Å². The van der Waals surface area contributed by atoms with Gasteiger partial charge in [0.15, 0.2) is 0 Å². The maximum atomic E-state index is 8.67. The molecule has 1 aromatic carbocycles. The van der Waals surface area contributed by atoms with Gasteiger partial charge in [0.25, 0.3) is 0 Å². The zero-order chi connectivity index (χ0) is 12.1. The number of nitrogens with zero attached hydrogens (tertiary/aromatic N) is 2.